The molecule has 2 heterocycles. The van der Waals surface area contributed by atoms with Gasteiger partial charge in [0, 0.05) is 4.90 Å². The molecule has 0 saturated carbocycles. The Hall–Kier alpha value is -3.30. The second-order valence-electron chi connectivity index (χ2n) is 7.99. The fourth-order valence-corrected chi connectivity index (χ4v) is 4.82. The first-order valence-electron chi connectivity index (χ1n) is 10.5. The van der Waals surface area contributed by atoms with Gasteiger partial charge in [-0.2, -0.15) is 13.2 Å². The van der Waals surface area contributed by atoms with Gasteiger partial charge in [-0.1, -0.05) is 30.3 Å². The van der Waals surface area contributed by atoms with E-state index in [-0.39, 0.29) is 5.69 Å². The normalized spacial score (nSPS) is 22.4. The molecule has 2 aliphatic heterocycles. The van der Waals surface area contributed by atoms with E-state index in [0.29, 0.717) is 5.69 Å². The number of hydroxylamine groups is 1. The number of alkyl halides is 3. The van der Waals surface area contributed by atoms with Gasteiger partial charge in [0.15, 0.2) is 6.10 Å². The molecule has 174 valence electrons. The minimum absolute atomic E-state index is 0.0868. The predicted molar refractivity (Wildman–Crippen MR) is 122 cm³/mol. The van der Waals surface area contributed by atoms with Crippen LogP contribution in [0.15, 0.2) is 83.8 Å². The smallest absolute Gasteiger partial charge is 0.273 e. The number of imide groups is 1. The Labute approximate surface area is 198 Å². The fraction of sp³-hybridized carbons (Fsp3) is 0.200. The fourth-order valence-electron chi connectivity index (χ4n) is 4.41. The highest BCUT2D eigenvalue weighted by Gasteiger charge is 2.60. The molecule has 0 aromatic heterocycles. The molecule has 5 rings (SSSR count). The van der Waals surface area contributed by atoms with Crippen LogP contribution in [0, 0.1) is 5.92 Å². The zero-order valence-corrected chi connectivity index (χ0v) is 18.7. The largest absolute Gasteiger partial charge is 0.416 e. The summed E-state index contributed by atoms with van der Waals surface area (Å²) < 4.78 is 38.9. The Bertz CT molecular complexity index is 1220. The van der Waals surface area contributed by atoms with Crippen LogP contribution in [0.5, 0.6) is 0 Å². The summed E-state index contributed by atoms with van der Waals surface area (Å²) in [6.45, 7) is 0. The highest BCUT2D eigenvalue weighted by molar-refractivity contribution is 7.98. The first-order valence-corrected chi connectivity index (χ1v) is 11.7. The summed E-state index contributed by atoms with van der Waals surface area (Å²) in [6, 6.07) is 20.2. The second-order valence-corrected chi connectivity index (χ2v) is 8.87. The molecule has 2 fully saturated rings. The summed E-state index contributed by atoms with van der Waals surface area (Å²) in [5.74, 6) is -1.96. The molecule has 0 spiro atoms. The molecular weight excluding hydrogens is 465 g/mol. The maximum absolute atomic E-state index is 13.5. The average molecular weight is 484 g/mol. The van der Waals surface area contributed by atoms with Gasteiger partial charge in [-0.3, -0.25) is 14.4 Å². The monoisotopic (exact) mass is 484 g/mol. The molecule has 2 amide bonds. The van der Waals surface area contributed by atoms with Crippen LogP contribution in [0.2, 0.25) is 0 Å². The maximum atomic E-state index is 13.5. The number of nitrogens with zero attached hydrogens (tertiary/aromatic N) is 2. The quantitative estimate of drug-likeness (QED) is 0.363. The summed E-state index contributed by atoms with van der Waals surface area (Å²) in [5, 5.41) is 1.59. The number of carbonyl (C=O) groups excluding carboxylic acids is 2. The number of halogens is 3. The topological polar surface area (TPSA) is 49.9 Å². The van der Waals surface area contributed by atoms with Gasteiger partial charge >= 0.3 is 6.18 Å². The van der Waals surface area contributed by atoms with E-state index in [2.05, 4.69) is 0 Å². The first kappa shape index (κ1) is 22.5. The number of amides is 2. The third-order valence-electron chi connectivity index (χ3n) is 6.04. The van der Waals surface area contributed by atoms with Crippen LogP contribution in [0.1, 0.15) is 17.2 Å². The van der Waals surface area contributed by atoms with Crippen LogP contribution in [-0.2, 0) is 20.6 Å². The van der Waals surface area contributed by atoms with E-state index in [1.54, 1.807) is 16.8 Å². The number of hydrogen-bond donors (Lipinski definition) is 0. The third kappa shape index (κ3) is 3.74. The van der Waals surface area contributed by atoms with Crippen LogP contribution in [-0.4, -0.2) is 24.2 Å². The molecule has 0 bridgehead atoms. The number of thioether (sulfide) groups is 1. The SMILES string of the molecule is CSc1ccc([C@@H]2[C@H]3C(=O)N(c4ccc(C(F)(F)F)cc4)C(=O)[C@@H]3ON2c2ccccc2)cc1. The van der Waals surface area contributed by atoms with E-state index in [0.717, 1.165) is 39.6 Å². The van der Waals surface area contributed by atoms with Gasteiger partial charge in [-0.15, -0.1) is 11.8 Å². The molecule has 0 N–H and O–H groups in total. The lowest BCUT2D eigenvalue weighted by Crippen LogP contribution is -2.37. The van der Waals surface area contributed by atoms with Gasteiger partial charge < -0.3 is 0 Å². The molecule has 0 radical (unpaired) electrons. The standard InChI is InChI=1S/C25H19F3N2O3S/c1-34-19-13-7-15(8-14-19)21-20-22(33-30(21)18-5-3-2-4-6-18)24(32)29(23(20)31)17-11-9-16(10-12-17)25(26,27)28/h2-14,20-22H,1H3/t20-,21-,22-/m1/s1. The van der Waals surface area contributed by atoms with Gasteiger partial charge in [0.05, 0.1) is 23.0 Å². The Balaban J connectivity index is 1.53. The van der Waals surface area contributed by atoms with E-state index in [1.165, 1.54) is 0 Å². The van der Waals surface area contributed by atoms with Crippen molar-refractivity contribution in [1.29, 1.82) is 0 Å². The van der Waals surface area contributed by atoms with Gasteiger partial charge in [0.1, 0.15) is 5.92 Å². The molecule has 0 aliphatic carbocycles. The zero-order valence-electron chi connectivity index (χ0n) is 17.9. The van der Waals surface area contributed by atoms with E-state index in [1.807, 2.05) is 60.9 Å². The van der Waals surface area contributed by atoms with Crippen molar-refractivity contribution < 1.29 is 27.6 Å². The molecule has 3 aromatic carbocycles. The number of carbonyl (C=O) groups is 2. The van der Waals surface area contributed by atoms with E-state index in [9.17, 15) is 22.8 Å². The number of benzene rings is 3. The lowest BCUT2D eigenvalue weighted by Gasteiger charge is -2.29. The maximum Gasteiger partial charge on any atom is 0.416 e. The van der Waals surface area contributed by atoms with E-state index in [4.69, 9.17) is 4.84 Å². The van der Waals surface area contributed by atoms with Crippen molar-refractivity contribution in [1.82, 2.24) is 0 Å². The lowest BCUT2D eigenvalue weighted by atomic mass is 9.90. The number of anilines is 2. The minimum atomic E-state index is -4.51. The molecule has 2 aliphatic rings. The Morgan fingerprint density at radius 1 is 0.824 bits per heavy atom. The van der Waals surface area contributed by atoms with Crippen molar-refractivity contribution in [2.24, 2.45) is 5.92 Å². The Kier molecular flexibility index (Phi) is 5.61. The van der Waals surface area contributed by atoms with Crippen molar-refractivity contribution in [2.75, 3.05) is 16.2 Å². The summed E-state index contributed by atoms with van der Waals surface area (Å²) in [6.07, 6.45) is -3.64. The van der Waals surface area contributed by atoms with Gasteiger partial charge in [-0.25, -0.2) is 9.96 Å². The number of rotatable bonds is 4. The number of para-hydroxylation sites is 1. The zero-order chi connectivity index (χ0) is 24.0. The van der Waals surface area contributed by atoms with Crippen LogP contribution in [0.4, 0.5) is 24.5 Å². The van der Waals surface area contributed by atoms with Crippen LogP contribution < -0.4 is 9.96 Å². The van der Waals surface area contributed by atoms with Crippen LogP contribution >= 0.6 is 11.8 Å². The van der Waals surface area contributed by atoms with Crippen molar-refractivity contribution in [3.05, 3.63) is 90.0 Å². The van der Waals surface area contributed by atoms with Crippen molar-refractivity contribution >= 4 is 35.0 Å². The van der Waals surface area contributed by atoms with Crippen molar-refractivity contribution in [3.63, 3.8) is 0 Å². The molecule has 34 heavy (non-hydrogen) atoms. The van der Waals surface area contributed by atoms with Crippen LogP contribution in [0.3, 0.4) is 0 Å². The Morgan fingerprint density at radius 3 is 2.06 bits per heavy atom. The summed E-state index contributed by atoms with van der Waals surface area (Å²) >= 11 is 1.58. The average Bonchev–Trinajstić information content (AvgIpc) is 3.35. The van der Waals surface area contributed by atoms with E-state index >= 15 is 0 Å². The second kappa shape index (κ2) is 8.48. The van der Waals surface area contributed by atoms with Crippen molar-refractivity contribution in [3.8, 4) is 0 Å². The highest BCUT2D eigenvalue weighted by atomic mass is 32.2. The third-order valence-corrected chi connectivity index (χ3v) is 6.78. The predicted octanol–water partition coefficient (Wildman–Crippen LogP) is 5.48. The molecule has 3 aromatic rings. The van der Waals surface area contributed by atoms with Crippen molar-refractivity contribution in [2.45, 2.75) is 23.2 Å². The summed E-state index contributed by atoms with van der Waals surface area (Å²) in [4.78, 5) is 34.8. The molecule has 0 unspecified atom stereocenters. The molecule has 9 heteroatoms. The molecule has 3 atom stereocenters. The lowest BCUT2D eigenvalue weighted by molar-refractivity contribution is -0.137. The van der Waals surface area contributed by atoms with Gasteiger partial charge in [-0.05, 0) is 60.4 Å². The molecular formula is C25H19F3N2O3S. The van der Waals surface area contributed by atoms with Gasteiger partial charge in [0.2, 0.25) is 5.91 Å². The number of fused-ring (bicyclic) bond motifs is 1. The van der Waals surface area contributed by atoms with Gasteiger partial charge in [0.25, 0.3) is 5.91 Å². The summed E-state index contributed by atoms with van der Waals surface area (Å²) in [7, 11) is 0. The summed E-state index contributed by atoms with van der Waals surface area (Å²) in [5.41, 5.74) is 0.722. The minimum Gasteiger partial charge on any atom is -0.273 e. The highest BCUT2D eigenvalue weighted by Crippen LogP contribution is 2.47. The Morgan fingerprint density at radius 2 is 1.47 bits per heavy atom. The number of hydrogen-bond acceptors (Lipinski definition) is 5. The first-order chi connectivity index (χ1) is 16.3. The molecule has 2 saturated heterocycles. The molecule has 5 nitrogen and oxygen atoms in total. The van der Waals surface area contributed by atoms with E-state index < -0.39 is 41.6 Å². The van der Waals surface area contributed by atoms with Crippen LogP contribution in [0.25, 0.3) is 0 Å².